The largest absolute Gasteiger partial charge is 0.522 e. The molecule has 0 aliphatic carbocycles. The first-order valence-electron chi connectivity index (χ1n) is 7.56. The van der Waals surface area contributed by atoms with Crippen LogP contribution in [0.4, 0.5) is 22.0 Å². The summed E-state index contributed by atoms with van der Waals surface area (Å²) in [5.41, 5.74) is 0. The zero-order valence-electron chi connectivity index (χ0n) is 12.6. The van der Waals surface area contributed by atoms with Gasteiger partial charge in [0.1, 0.15) is 6.10 Å². The van der Waals surface area contributed by atoms with Crippen LogP contribution < -0.4 is 0 Å². The normalized spacial score (nSPS) is 25.0. The van der Waals surface area contributed by atoms with Crippen LogP contribution >= 0.6 is 0 Å². The molecule has 0 amide bonds. The first-order chi connectivity index (χ1) is 9.69. The average molecular weight is 317 g/mol. The van der Waals surface area contributed by atoms with E-state index in [2.05, 4.69) is 4.74 Å². The molecule has 1 aliphatic rings. The molecule has 0 saturated carbocycles. The fourth-order valence-corrected chi connectivity index (χ4v) is 2.85. The van der Waals surface area contributed by atoms with Crippen LogP contribution in [0.15, 0.2) is 0 Å². The van der Waals surface area contributed by atoms with Crippen LogP contribution in [0, 0.1) is 0 Å². The molecule has 2 atom stereocenters. The van der Waals surface area contributed by atoms with Gasteiger partial charge in [-0.05, 0) is 19.3 Å². The second-order valence-electron chi connectivity index (χ2n) is 5.66. The molecule has 1 saturated heterocycles. The Kier molecular flexibility index (Phi) is 6.84. The lowest BCUT2D eigenvalue weighted by Crippen LogP contribution is -2.56. The minimum absolute atomic E-state index is 0.0210. The van der Waals surface area contributed by atoms with Crippen molar-refractivity contribution < 1.29 is 26.7 Å². The van der Waals surface area contributed by atoms with Gasteiger partial charge in [0.15, 0.2) is 0 Å². The van der Waals surface area contributed by atoms with Crippen LogP contribution in [0.3, 0.4) is 0 Å². The van der Waals surface area contributed by atoms with Gasteiger partial charge in [0, 0.05) is 12.6 Å². The van der Waals surface area contributed by atoms with Crippen LogP contribution in [0.2, 0.25) is 0 Å². The topological polar surface area (TPSA) is 12.5 Å². The Hall–Kier alpha value is -0.430. The van der Waals surface area contributed by atoms with Gasteiger partial charge >= 0.3 is 6.36 Å². The Bertz CT molecular complexity index is 308. The van der Waals surface area contributed by atoms with E-state index in [1.54, 1.807) is 4.90 Å². The van der Waals surface area contributed by atoms with Crippen LogP contribution in [0.25, 0.3) is 0 Å². The highest BCUT2D eigenvalue weighted by atomic mass is 19.4. The van der Waals surface area contributed by atoms with E-state index < -0.39 is 24.9 Å². The molecule has 0 aromatic carbocycles. The average Bonchev–Trinajstić information content (AvgIpc) is 2.35. The predicted molar refractivity (Wildman–Crippen MR) is 70.3 cm³/mol. The molecule has 0 aromatic heterocycles. The molecular formula is C14H24F5NO. The summed E-state index contributed by atoms with van der Waals surface area (Å²) >= 11 is 0. The maximum absolute atomic E-state index is 13.9. The van der Waals surface area contributed by atoms with Crippen LogP contribution in [0.5, 0.6) is 0 Å². The Morgan fingerprint density at radius 2 is 1.86 bits per heavy atom. The third kappa shape index (κ3) is 6.06. The van der Waals surface area contributed by atoms with Gasteiger partial charge in [-0.25, -0.2) is 8.78 Å². The van der Waals surface area contributed by atoms with Crippen molar-refractivity contribution in [2.24, 2.45) is 0 Å². The van der Waals surface area contributed by atoms with Gasteiger partial charge in [-0.3, -0.25) is 9.64 Å². The monoisotopic (exact) mass is 317 g/mol. The van der Waals surface area contributed by atoms with E-state index in [9.17, 15) is 22.0 Å². The summed E-state index contributed by atoms with van der Waals surface area (Å²) in [5, 5.41) is 0. The van der Waals surface area contributed by atoms with E-state index in [0.29, 0.717) is 0 Å². The minimum atomic E-state index is -5.01. The summed E-state index contributed by atoms with van der Waals surface area (Å²) in [4.78, 5) is 1.63. The second-order valence-corrected chi connectivity index (χ2v) is 5.66. The standard InChI is InChI=1S/C14H24F5NO/c1-3-5-7-11(6-4-2)20-9-8-12(13(15,16)10-20)21-14(17,18)19/h11-12H,3-10H2,1-2H3/t11?,12-/m0/s1. The second kappa shape index (κ2) is 7.72. The lowest BCUT2D eigenvalue weighted by molar-refractivity contribution is -0.371. The highest BCUT2D eigenvalue weighted by Crippen LogP contribution is 2.35. The third-order valence-electron chi connectivity index (χ3n) is 3.87. The number of alkyl halides is 5. The zero-order chi connectivity index (χ0) is 16.1. The minimum Gasteiger partial charge on any atom is -0.294 e. The van der Waals surface area contributed by atoms with Crippen molar-refractivity contribution in [3.63, 3.8) is 0 Å². The van der Waals surface area contributed by atoms with Crippen LogP contribution in [-0.4, -0.2) is 42.4 Å². The smallest absolute Gasteiger partial charge is 0.294 e. The lowest BCUT2D eigenvalue weighted by Gasteiger charge is -2.42. The molecule has 126 valence electrons. The molecule has 7 heteroatoms. The molecule has 1 rings (SSSR count). The van der Waals surface area contributed by atoms with Gasteiger partial charge in [-0.1, -0.05) is 33.1 Å². The van der Waals surface area contributed by atoms with E-state index in [1.807, 2.05) is 13.8 Å². The quantitative estimate of drug-likeness (QED) is 0.637. The van der Waals surface area contributed by atoms with Crippen molar-refractivity contribution in [2.45, 2.75) is 76.8 Å². The Labute approximate surface area is 122 Å². The summed E-state index contributed by atoms with van der Waals surface area (Å²) in [6.07, 6.45) is -2.98. The molecule has 0 N–H and O–H groups in total. The van der Waals surface area contributed by atoms with Crippen molar-refractivity contribution in [2.75, 3.05) is 13.1 Å². The van der Waals surface area contributed by atoms with E-state index >= 15 is 0 Å². The summed E-state index contributed by atoms with van der Waals surface area (Å²) < 4.78 is 67.9. The molecule has 21 heavy (non-hydrogen) atoms. The van der Waals surface area contributed by atoms with Gasteiger partial charge in [0.25, 0.3) is 5.92 Å². The van der Waals surface area contributed by atoms with E-state index in [1.165, 1.54) is 0 Å². The Morgan fingerprint density at radius 1 is 1.19 bits per heavy atom. The molecule has 1 fully saturated rings. The number of hydrogen-bond donors (Lipinski definition) is 0. The zero-order valence-corrected chi connectivity index (χ0v) is 12.6. The van der Waals surface area contributed by atoms with Crippen molar-refractivity contribution in [3.8, 4) is 0 Å². The van der Waals surface area contributed by atoms with Gasteiger partial charge in [0.2, 0.25) is 0 Å². The number of likely N-dealkylation sites (tertiary alicyclic amines) is 1. The third-order valence-corrected chi connectivity index (χ3v) is 3.87. The van der Waals surface area contributed by atoms with Crippen molar-refractivity contribution >= 4 is 0 Å². The molecule has 1 unspecified atom stereocenters. The molecule has 1 aliphatic heterocycles. The molecule has 0 spiro atoms. The fourth-order valence-electron chi connectivity index (χ4n) is 2.85. The highest BCUT2D eigenvalue weighted by Gasteiger charge is 2.51. The number of halogens is 5. The summed E-state index contributed by atoms with van der Waals surface area (Å²) in [6.45, 7) is 3.59. The van der Waals surface area contributed by atoms with Gasteiger partial charge in [0.05, 0.1) is 6.54 Å². The highest BCUT2D eigenvalue weighted by molar-refractivity contribution is 4.90. The molecule has 0 bridgehead atoms. The SMILES string of the molecule is CCCCC(CCC)N1CC[C@H](OC(F)(F)F)C(F)(F)C1. The van der Waals surface area contributed by atoms with Crippen molar-refractivity contribution in [3.05, 3.63) is 0 Å². The number of hydrogen-bond acceptors (Lipinski definition) is 2. The Morgan fingerprint density at radius 3 is 2.33 bits per heavy atom. The number of rotatable bonds is 7. The molecule has 0 radical (unpaired) electrons. The van der Waals surface area contributed by atoms with E-state index in [0.717, 1.165) is 32.1 Å². The maximum Gasteiger partial charge on any atom is 0.522 e. The van der Waals surface area contributed by atoms with Crippen molar-refractivity contribution in [1.29, 1.82) is 0 Å². The number of nitrogens with zero attached hydrogens (tertiary/aromatic N) is 1. The molecule has 1 heterocycles. The first kappa shape index (κ1) is 18.6. The molecule has 0 aromatic rings. The number of ether oxygens (including phenoxy) is 1. The predicted octanol–water partition coefficient (Wildman–Crippen LogP) is 4.59. The summed E-state index contributed by atoms with van der Waals surface area (Å²) in [7, 11) is 0. The number of piperidine rings is 1. The van der Waals surface area contributed by atoms with E-state index in [-0.39, 0.29) is 19.0 Å². The number of unbranched alkanes of at least 4 members (excludes halogenated alkanes) is 1. The van der Waals surface area contributed by atoms with Crippen LogP contribution in [-0.2, 0) is 4.74 Å². The van der Waals surface area contributed by atoms with Crippen molar-refractivity contribution in [1.82, 2.24) is 4.90 Å². The lowest BCUT2D eigenvalue weighted by atomic mass is 9.97. The summed E-state index contributed by atoms with van der Waals surface area (Å²) in [6, 6.07) is 0.0210. The maximum atomic E-state index is 13.9. The first-order valence-corrected chi connectivity index (χ1v) is 7.56. The summed E-state index contributed by atoms with van der Waals surface area (Å²) in [5.74, 6) is -3.47. The van der Waals surface area contributed by atoms with E-state index in [4.69, 9.17) is 0 Å². The Balaban J connectivity index is 2.65. The van der Waals surface area contributed by atoms with Crippen LogP contribution in [0.1, 0.15) is 52.4 Å². The van der Waals surface area contributed by atoms with Gasteiger partial charge in [-0.2, -0.15) is 0 Å². The van der Waals surface area contributed by atoms with Gasteiger partial charge < -0.3 is 0 Å². The molecular weight excluding hydrogens is 293 g/mol. The van der Waals surface area contributed by atoms with Gasteiger partial charge in [-0.15, -0.1) is 13.2 Å². The molecule has 2 nitrogen and oxygen atoms in total. The fraction of sp³-hybridized carbons (Fsp3) is 1.00.